The van der Waals surface area contributed by atoms with Gasteiger partial charge in [-0.1, -0.05) is 0 Å². The fourth-order valence-electron chi connectivity index (χ4n) is 1.77. The van der Waals surface area contributed by atoms with Gasteiger partial charge in [0.25, 0.3) is 0 Å². The Balaban J connectivity index is 1.97. The van der Waals surface area contributed by atoms with E-state index in [2.05, 4.69) is 9.97 Å². The molecule has 0 spiro atoms. The van der Waals surface area contributed by atoms with E-state index in [1.54, 1.807) is 6.07 Å². The number of halogens is 3. The molecule has 0 aliphatic carbocycles. The van der Waals surface area contributed by atoms with Crippen molar-refractivity contribution in [1.82, 2.24) is 9.97 Å². The summed E-state index contributed by atoms with van der Waals surface area (Å²) < 4.78 is 43.2. The molecule has 3 aromatic rings. The molecule has 0 amide bonds. The molecule has 0 unspecified atom stereocenters. The third-order valence-electron chi connectivity index (χ3n) is 2.77. The van der Waals surface area contributed by atoms with Crippen LogP contribution in [0.15, 0.2) is 36.0 Å². The van der Waals surface area contributed by atoms with E-state index in [0.717, 1.165) is 17.0 Å². The molecule has 0 fully saturated rings. The Hall–Kier alpha value is -2.35. The van der Waals surface area contributed by atoms with E-state index >= 15 is 0 Å². The quantitative estimate of drug-likeness (QED) is 0.724. The number of nitrogen functional groups attached to an aromatic ring is 1. The van der Waals surface area contributed by atoms with Gasteiger partial charge in [0.15, 0.2) is 5.75 Å². The molecule has 3 rings (SSSR count). The van der Waals surface area contributed by atoms with Gasteiger partial charge < -0.3 is 10.5 Å². The largest absolute Gasteiger partial charge is 0.436 e. The molecule has 0 saturated carbocycles. The molecule has 2 heterocycles. The standard InChI is InChI=1S/C13H8F3N3OS/c14-13(15,16)7-1-2-10(9(17)5-7)20-11-8-3-4-21-12(8)19-6-18-11/h1-6H,17H2. The molecule has 0 aliphatic heterocycles. The Bertz CT molecular complexity index is 801. The van der Waals surface area contributed by atoms with Gasteiger partial charge in [-0.3, -0.25) is 0 Å². The van der Waals surface area contributed by atoms with Gasteiger partial charge in [-0.15, -0.1) is 11.3 Å². The zero-order valence-corrected chi connectivity index (χ0v) is 11.2. The average molecular weight is 311 g/mol. The summed E-state index contributed by atoms with van der Waals surface area (Å²) in [6.07, 6.45) is -3.11. The number of benzene rings is 1. The van der Waals surface area contributed by atoms with Crippen molar-refractivity contribution < 1.29 is 17.9 Å². The van der Waals surface area contributed by atoms with Crippen molar-refractivity contribution in [3.63, 3.8) is 0 Å². The Morgan fingerprint density at radius 1 is 1.14 bits per heavy atom. The number of alkyl halides is 3. The minimum absolute atomic E-state index is 0.105. The second-order valence-electron chi connectivity index (χ2n) is 4.17. The van der Waals surface area contributed by atoms with Crippen LogP contribution in [0.25, 0.3) is 10.2 Å². The van der Waals surface area contributed by atoms with Crippen LogP contribution in [0.3, 0.4) is 0 Å². The molecule has 0 bridgehead atoms. The average Bonchev–Trinajstić information content (AvgIpc) is 2.89. The zero-order chi connectivity index (χ0) is 15.0. The summed E-state index contributed by atoms with van der Waals surface area (Å²) in [6, 6.07) is 4.70. The molecule has 108 valence electrons. The predicted molar refractivity (Wildman–Crippen MR) is 73.3 cm³/mol. The topological polar surface area (TPSA) is 61.0 Å². The van der Waals surface area contributed by atoms with Crippen molar-refractivity contribution >= 4 is 27.2 Å². The molecule has 0 atom stereocenters. The normalized spacial score (nSPS) is 11.8. The Labute approximate surface area is 121 Å². The number of hydrogen-bond donors (Lipinski definition) is 1. The van der Waals surface area contributed by atoms with Crippen molar-refractivity contribution in [3.05, 3.63) is 41.5 Å². The highest BCUT2D eigenvalue weighted by atomic mass is 32.1. The van der Waals surface area contributed by atoms with Crippen LogP contribution in [-0.4, -0.2) is 9.97 Å². The number of nitrogens with two attached hydrogens (primary N) is 1. The van der Waals surface area contributed by atoms with E-state index in [0.29, 0.717) is 5.39 Å². The van der Waals surface area contributed by atoms with Gasteiger partial charge in [0.2, 0.25) is 5.88 Å². The lowest BCUT2D eigenvalue weighted by Gasteiger charge is -2.11. The molecule has 4 nitrogen and oxygen atoms in total. The molecule has 0 aliphatic rings. The Kier molecular flexibility index (Phi) is 3.17. The minimum Gasteiger partial charge on any atom is -0.436 e. The molecule has 1 aromatic carbocycles. The Morgan fingerprint density at radius 3 is 2.67 bits per heavy atom. The van der Waals surface area contributed by atoms with E-state index in [-0.39, 0.29) is 17.3 Å². The molecule has 21 heavy (non-hydrogen) atoms. The van der Waals surface area contributed by atoms with Crippen LogP contribution in [0.2, 0.25) is 0 Å². The smallest absolute Gasteiger partial charge is 0.416 e. The third kappa shape index (κ3) is 2.62. The van der Waals surface area contributed by atoms with Crippen LogP contribution in [0.5, 0.6) is 11.6 Å². The van der Waals surface area contributed by atoms with Gasteiger partial charge in [0.05, 0.1) is 16.6 Å². The molecular formula is C13H8F3N3OS. The van der Waals surface area contributed by atoms with Gasteiger partial charge in [0, 0.05) is 0 Å². The first-order chi connectivity index (χ1) is 9.95. The number of ether oxygens (including phenoxy) is 1. The van der Waals surface area contributed by atoms with Crippen molar-refractivity contribution in [3.8, 4) is 11.6 Å². The van der Waals surface area contributed by atoms with Crippen molar-refractivity contribution in [1.29, 1.82) is 0 Å². The number of thiophene rings is 1. The number of rotatable bonds is 2. The third-order valence-corrected chi connectivity index (χ3v) is 3.59. The second kappa shape index (κ2) is 4.88. The molecule has 0 radical (unpaired) electrons. The fraction of sp³-hybridized carbons (Fsp3) is 0.0769. The van der Waals surface area contributed by atoms with Gasteiger partial charge in [0.1, 0.15) is 11.2 Å². The van der Waals surface area contributed by atoms with E-state index in [1.807, 2.05) is 5.38 Å². The molecule has 0 saturated heterocycles. The van der Waals surface area contributed by atoms with Gasteiger partial charge in [-0.2, -0.15) is 13.2 Å². The Morgan fingerprint density at radius 2 is 1.95 bits per heavy atom. The van der Waals surface area contributed by atoms with Crippen LogP contribution in [0, 0.1) is 0 Å². The van der Waals surface area contributed by atoms with E-state index in [4.69, 9.17) is 10.5 Å². The lowest BCUT2D eigenvalue weighted by molar-refractivity contribution is -0.137. The number of aromatic nitrogens is 2. The lowest BCUT2D eigenvalue weighted by atomic mass is 10.2. The summed E-state index contributed by atoms with van der Waals surface area (Å²) in [5.41, 5.74) is 4.69. The summed E-state index contributed by atoms with van der Waals surface area (Å²) in [7, 11) is 0. The van der Waals surface area contributed by atoms with Gasteiger partial charge in [-0.25, -0.2) is 9.97 Å². The van der Waals surface area contributed by atoms with E-state index in [1.165, 1.54) is 23.7 Å². The highest BCUT2D eigenvalue weighted by Crippen LogP contribution is 2.36. The van der Waals surface area contributed by atoms with Gasteiger partial charge >= 0.3 is 6.18 Å². The highest BCUT2D eigenvalue weighted by Gasteiger charge is 2.31. The molecular weight excluding hydrogens is 303 g/mol. The number of hydrogen-bond acceptors (Lipinski definition) is 5. The van der Waals surface area contributed by atoms with Crippen LogP contribution in [0.4, 0.5) is 18.9 Å². The summed E-state index contributed by atoms with van der Waals surface area (Å²) in [5.74, 6) is 0.377. The van der Waals surface area contributed by atoms with Crippen molar-refractivity contribution in [2.24, 2.45) is 0 Å². The fourth-order valence-corrected chi connectivity index (χ4v) is 2.49. The number of fused-ring (bicyclic) bond motifs is 1. The first-order valence-electron chi connectivity index (χ1n) is 5.78. The highest BCUT2D eigenvalue weighted by molar-refractivity contribution is 7.16. The molecule has 2 N–H and O–H groups in total. The molecule has 2 aromatic heterocycles. The van der Waals surface area contributed by atoms with Gasteiger partial charge in [-0.05, 0) is 29.6 Å². The summed E-state index contributed by atoms with van der Waals surface area (Å²) in [6.45, 7) is 0. The molecule has 8 heteroatoms. The van der Waals surface area contributed by atoms with Crippen molar-refractivity contribution in [2.75, 3.05) is 5.73 Å². The van der Waals surface area contributed by atoms with Crippen LogP contribution < -0.4 is 10.5 Å². The van der Waals surface area contributed by atoms with Crippen LogP contribution >= 0.6 is 11.3 Å². The summed E-state index contributed by atoms with van der Waals surface area (Å²) in [5, 5.41) is 2.50. The number of nitrogens with zero attached hydrogens (tertiary/aromatic N) is 2. The first-order valence-corrected chi connectivity index (χ1v) is 6.66. The zero-order valence-electron chi connectivity index (χ0n) is 10.4. The van der Waals surface area contributed by atoms with E-state index < -0.39 is 11.7 Å². The van der Waals surface area contributed by atoms with E-state index in [9.17, 15) is 13.2 Å². The lowest BCUT2D eigenvalue weighted by Crippen LogP contribution is -2.06. The summed E-state index contributed by atoms with van der Waals surface area (Å²) in [4.78, 5) is 8.77. The first kappa shape index (κ1) is 13.6. The van der Waals surface area contributed by atoms with Crippen LogP contribution in [-0.2, 0) is 6.18 Å². The maximum absolute atomic E-state index is 12.6. The second-order valence-corrected chi connectivity index (χ2v) is 5.07. The minimum atomic E-state index is -4.44. The predicted octanol–water partition coefficient (Wildman–Crippen LogP) is 4.08. The maximum Gasteiger partial charge on any atom is 0.416 e. The maximum atomic E-state index is 12.6. The monoisotopic (exact) mass is 311 g/mol. The van der Waals surface area contributed by atoms with Crippen molar-refractivity contribution in [2.45, 2.75) is 6.18 Å². The SMILES string of the molecule is Nc1cc(C(F)(F)F)ccc1Oc1ncnc2sccc12. The summed E-state index contributed by atoms with van der Waals surface area (Å²) >= 11 is 1.41. The number of anilines is 1. The van der Waals surface area contributed by atoms with Crippen LogP contribution in [0.1, 0.15) is 5.56 Å².